The minimum absolute atomic E-state index is 0.117. The van der Waals surface area contributed by atoms with Gasteiger partial charge >= 0.3 is 11.9 Å². The fourth-order valence-corrected chi connectivity index (χ4v) is 0.989. The van der Waals surface area contributed by atoms with E-state index in [9.17, 15) is 14.4 Å². The lowest BCUT2D eigenvalue weighted by Crippen LogP contribution is -2.49. The van der Waals surface area contributed by atoms with Crippen LogP contribution in [0.15, 0.2) is 0 Å². The second kappa shape index (κ2) is 6.78. The summed E-state index contributed by atoms with van der Waals surface area (Å²) >= 11 is 0. The van der Waals surface area contributed by atoms with Crippen LogP contribution in [0.2, 0.25) is 0 Å². The first kappa shape index (κ1) is 14.4. The van der Waals surface area contributed by atoms with Gasteiger partial charge in [0.15, 0.2) is 5.92 Å². The molecule has 0 bridgehead atoms. The third-order valence-corrected chi connectivity index (χ3v) is 1.95. The molecule has 0 saturated carbocycles. The molecule has 5 N–H and O–H groups in total. The van der Waals surface area contributed by atoms with Crippen molar-refractivity contribution in [3.63, 3.8) is 0 Å². The lowest BCUT2D eigenvalue weighted by molar-refractivity contribution is -0.157. The van der Waals surface area contributed by atoms with Crippen LogP contribution in [0.5, 0.6) is 0 Å². The second-order valence-corrected chi connectivity index (χ2v) is 3.27. The van der Waals surface area contributed by atoms with Crippen LogP contribution in [-0.2, 0) is 19.1 Å². The lowest BCUT2D eigenvalue weighted by Gasteiger charge is -2.16. The number of rotatable bonds is 7. The van der Waals surface area contributed by atoms with E-state index in [0.717, 1.165) is 6.42 Å². The number of primary amides is 1. The Kier molecular flexibility index (Phi) is 6.09. The Morgan fingerprint density at radius 2 is 1.94 bits per heavy atom. The SMILES string of the molecule is CCCCOC(=O)C(C(N)=O)[C@H](N)C(=O)O. The third-order valence-electron chi connectivity index (χ3n) is 1.95. The molecular weight excluding hydrogens is 216 g/mol. The third kappa shape index (κ3) is 4.26. The molecule has 0 heterocycles. The first-order valence-corrected chi connectivity index (χ1v) is 4.86. The van der Waals surface area contributed by atoms with Gasteiger partial charge in [-0.3, -0.25) is 14.4 Å². The van der Waals surface area contributed by atoms with E-state index < -0.39 is 29.8 Å². The van der Waals surface area contributed by atoms with Crippen LogP contribution in [-0.4, -0.2) is 35.6 Å². The van der Waals surface area contributed by atoms with Crippen molar-refractivity contribution in [2.24, 2.45) is 17.4 Å². The van der Waals surface area contributed by atoms with Crippen molar-refractivity contribution in [3.8, 4) is 0 Å². The monoisotopic (exact) mass is 232 g/mol. The molecule has 0 aromatic carbocycles. The molecule has 92 valence electrons. The smallest absolute Gasteiger partial charge is 0.321 e. The fourth-order valence-electron chi connectivity index (χ4n) is 0.989. The summed E-state index contributed by atoms with van der Waals surface area (Å²) in [5.41, 5.74) is 10.1. The van der Waals surface area contributed by atoms with Gasteiger partial charge in [-0.25, -0.2) is 0 Å². The summed E-state index contributed by atoms with van der Waals surface area (Å²) < 4.78 is 4.69. The minimum atomic E-state index is -1.67. The van der Waals surface area contributed by atoms with Crippen LogP contribution in [0.4, 0.5) is 0 Å². The summed E-state index contributed by atoms with van der Waals surface area (Å²) in [5.74, 6) is -5.21. The number of unbranched alkanes of at least 4 members (excludes halogenated alkanes) is 1. The van der Waals surface area contributed by atoms with Gasteiger partial charge in [0.25, 0.3) is 0 Å². The van der Waals surface area contributed by atoms with Gasteiger partial charge < -0.3 is 21.3 Å². The van der Waals surface area contributed by atoms with Gasteiger partial charge in [-0.05, 0) is 6.42 Å². The number of carboxylic acid groups (broad SMARTS) is 1. The van der Waals surface area contributed by atoms with Crippen molar-refractivity contribution < 1.29 is 24.2 Å². The van der Waals surface area contributed by atoms with Gasteiger partial charge in [0.1, 0.15) is 6.04 Å². The van der Waals surface area contributed by atoms with Gasteiger partial charge in [-0.1, -0.05) is 13.3 Å². The number of carbonyl (C=O) groups excluding carboxylic acids is 2. The Hall–Kier alpha value is -1.63. The van der Waals surface area contributed by atoms with E-state index in [4.69, 9.17) is 21.3 Å². The van der Waals surface area contributed by atoms with Crippen LogP contribution in [0.25, 0.3) is 0 Å². The number of amides is 1. The van der Waals surface area contributed by atoms with E-state index in [2.05, 4.69) is 0 Å². The number of aliphatic carboxylic acids is 1. The van der Waals surface area contributed by atoms with Crippen LogP contribution >= 0.6 is 0 Å². The fraction of sp³-hybridized carbons (Fsp3) is 0.667. The van der Waals surface area contributed by atoms with E-state index in [0.29, 0.717) is 6.42 Å². The molecule has 0 saturated heterocycles. The standard InChI is InChI=1S/C9H16N2O5/c1-2-3-4-16-9(15)5(7(11)12)6(10)8(13)14/h5-6H,2-4,10H2,1H3,(H2,11,12)(H,13,14)/t5?,6-/m0/s1. The molecule has 0 fully saturated rings. The predicted octanol–water partition coefficient (Wildman–Crippen LogP) is -1.16. The largest absolute Gasteiger partial charge is 0.480 e. The maximum Gasteiger partial charge on any atom is 0.321 e. The second-order valence-electron chi connectivity index (χ2n) is 3.27. The molecule has 7 heteroatoms. The highest BCUT2D eigenvalue weighted by atomic mass is 16.5. The Bertz CT molecular complexity index is 279. The number of hydrogen-bond donors (Lipinski definition) is 3. The number of ether oxygens (including phenoxy) is 1. The highest BCUT2D eigenvalue weighted by molar-refractivity contribution is 6.01. The molecule has 1 amide bonds. The van der Waals surface area contributed by atoms with E-state index in [1.54, 1.807) is 0 Å². The van der Waals surface area contributed by atoms with E-state index in [1.165, 1.54) is 0 Å². The summed E-state index contributed by atoms with van der Waals surface area (Å²) in [5, 5.41) is 8.58. The number of esters is 1. The zero-order valence-corrected chi connectivity index (χ0v) is 9.01. The maximum atomic E-state index is 11.3. The highest BCUT2D eigenvalue weighted by Crippen LogP contribution is 2.05. The first-order chi connectivity index (χ1) is 7.41. The van der Waals surface area contributed by atoms with Crippen molar-refractivity contribution in [2.75, 3.05) is 6.61 Å². The molecule has 0 aliphatic carbocycles. The first-order valence-electron chi connectivity index (χ1n) is 4.86. The van der Waals surface area contributed by atoms with Gasteiger partial charge in [-0.2, -0.15) is 0 Å². The average Bonchev–Trinajstić information content (AvgIpc) is 2.17. The van der Waals surface area contributed by atoms with Crippen LogP contribution in [0.3, 0.4) is 0 Å². The van der Waals surface area contributed by atoms with Crippen LogP contribution < -0.4 is 11.5 Å². The van der Waals surface area contributed by atoms with Gasteiger partial charge in [-0.15, -0.1) is 0 Å². The molecule has 7 nitrogen and oxygen atoms in total. The zero-order valence-electron chi connectivity index (χ0n) is 9.01. The molecule has 0 aliphatic heterocycles. The minimum Gasteiger partial charge on any atom is -0.480 e. The molecule has 0 spiro atoms. The van der Waals surface area contributed by atoms with E-state index >= 15 is 0 Å². The van der Waals surface area contributed by atoms with Crippen molar-refractivity contribution in [1.29, 1.82) is 0 Å². The Morgan fingerprint density at radius 1 is 1.38 bits per heavy atom. The topological polar surface area (TPSA) is 133 Å². The molecule has 0 aromatic rings. The summed E-state index contributed by atoms with van der Waals surface area (Å²) in [4.78, 5) is 32.8. The number of carbonyl (C=O) groups is 3. The number of nitrogens with two attached hydrogens (primary N) is 2. The lowest BCUT2D eigenvalue weighted by atomic mass is 10.0. The van der Waals surface area contributed by atoms with Crippen LogP contribution in [0, 0.1) is 5.92 Å². The van der Waals surface area contributed by atoms with Crippen molar-refractivity contribution in [2.45, 2.75) is 25.8 Å². The summed E-state index contributed by atoms with van der Waals surface area (Å²) in [7, 11) is 0. The van der Waals surface area contributed by atoms with E-state index in [1.807, 2.05) is 6.92 Å². The predicted molar refractivity (Wildman–Crippen MR) is 54.2 cm³/mol. The Morgan fingerprint density at radius 3 is 2.31 bits per heavy atom. The number of carboxylic acids is 1. The van der Waals surface area contributed by atoms with Crippen molar-refractivity contribution >= 4 is 17.8 Å². The number of hydrogen-bond acceptors (Lipinski definition) is 5. The summed E-state index contributed by atoms with van der Waals surface area (Å²) in [6.45, 7) is 2.01. The zero-order chi connectivity index (χ0) is 12.7. The summed E-state index contributed by atoms with van der Waals surface area (Å²) in [6.07, 6.45) is 1.43. The van der Waals surface area contributed by atoms with Gasteiger partial charge in [0, 0.05) is 0 Å². The maximum absolute atomic E-state index is 11.3. The normalized spacial score (nSPS) is 13.9. The van der Waals surface area contributed by atoms with Crippen molar-refractivity contribution in [1.82, 2.24) is 0 Å². The molecule has 0 aliphatic rings. The summed E-state index contributed by atoms with van der Waals surface area (Å²) in [6, 6.07) is -1.67. The Balaban J connectivity index is 4.48. The average molecular weight is 232 g/mol. The molecule has 0 aromatic heterocycles. The molecule has 2 atom stereocenters. The molecule has 16 heavy (non-hydrogen) atoms. The molecular formula is C9H16N2O5. The molecule has 0 rings (SSSR count). The Labute approximate surface area is 92.7 Å². The van der Waals surface area contributed by atoms with Gasteiger partial charge in [0.2, 0.25) is 5.91 Å². The molecule has 0 radical (unpaired) electrons. The van der Waals surface area contributed by atoms with E-state index in [-0.39, 0.29) is 6.61 Å². The van der Waals surface area contributed by atoms with Gasteiger partial charge in [0.05, 0.1) is 6.61 Å². The highest BCUT2D eigenvalue weighted by Gasteiger charge is 2.36. The molecule has 1 unspecified atom stereocenters. The van der Waals surface area contributed by atoms with Crippen LogP contribution in [0.1, 0.15) is 19.8 Å². The quantitative estimate of drug-likeness (QED) is 0.288. The van der Waals surface area contributed by atoms with Crippen molar-refractivity contribution in [3.05, 3.63) is 0 Å².